The molecule has 1 aromatic heterocycles. The van der Waals surface area contributed by atoms with Gasteiger partial charge in [0.25, 0.3) is 0 Å². The molecule has 0 bridgehead atoms. The van der Waals surface area contributed by atoms with Crippen molar-refractivity contribution in [3.63, 3.8) is 0 Å². The highest BCUT2D eigenvalue weighted by Gasteiger charge is 2.06. The molecule has 0 aliphatic rings. The first kappa shape index (κ1) is 23.7. The molecule has 0 fully saturated rings. The van der Waals surface area contributed by atoms with Crippen molar-refractivity contribution in [1.82, 2.24) is 4.98 Å². The Morgan fingerprint density at radius 2 is 1.48 bits per heavy atom. The van der Waals surface area contributed by atoms with Crippen LogP contribution in [-0.2, 0) is 6.42 Å². The van der Waals surface area contributed by atoms with Gasteiger partial charge in [-0.25, -0.2) is 0 Å². The summed E-state index contributed by atoms with van der Waals surface area (Å²) in [5, 5.41) is 0.659. The van der Waals surface area contributed by atoms with Gasteiger partial charge in [0.2, 0.25) is 0 Å². The van der Waals surface area contributed by atoms with Gasteiger partial charge in [-0.15, -0.1) is 0 Å². The molecule has 0 atom stereocenters. The van der Waals surface area contributed by atoms with Crippen molar-refractivity contribution < 1.29 is 4.74 Å². The Morgan fingerprint density at radius 1 is 0.793 bits per heavy atom. The van der Waals surface area contributed by atoms with Gasteiger partial charge in [-0.2, -0.15) is 0 Å². The van der Waals surface area contributed by atoms with E-state index in [9.17, 15) is 0 Å². The summed E-state index contributed by atoms with van der Waals surface area (Å²) in [6.07, 6.45) is 17.3. The fourth-order valence-corrected chi connectivity index (χ4v) is 3.75. The van der Waals surface area contributed by atoms with Gasteiger partial charge in [0.1, 0.15) is 5.75 Å². The third kappa shape index (κ3) is 9.21. The fraction of sp³-hybridized carbons (Fsp3) is 0.577. The van der Waals surface area contributed by atoms with Crippen LogP contribution in [0.1, 0.15) is 90.0 Å². The summed E-state index contributed by atoms with van der Waals surface area (Å²) >= 11 is 6.43. The normalized spacial score (nSPS) is 11.0. The Bertz CT molecular complexity index is 684. The number of aromatic nitrogens is 1. The lowest BCUT2D eigenvalue weighted by Gasteiger charge is -2.10. The van der Waals surface area contributed by atoms with Gasteiger partial charge in [0.15, 0.2) is 0 Å². The molecule has 0 aliphatic heterocycles. The van der Waals surface area contributed by atoms with Gasteiger partial charge in [0.05, 0.1) is 17.3 Å². The van der Waals surface area contributed by atoms with Crippen LogP contribution in [0.15, 0.2) is 36.5 Å². The van der Waals surface area contributed by atoms with E-state index in [1.807, 2.05) is 24.4 Å². The molecule has 0 spiro atoms. The third-order valence-corrected chi connectivity index (χ3v) is 5.67. The molecule has 0 amide bonds. The average molecular weight is 416 g/mol. The Kier molecular flexibility index (Phi) is 11.8. The molecular formula is C26H38ClNO. The van der Waals surface area contributed by atoms with Crippen molar-refractivity contribution in [2.45, 2.75) is 90.9 Å². The van der Waals surface area contributed by atoms with Crippen molar-refractivity contribution in [3.05, 3.63) is 47.1 Å². The van der Waals surface area contributed by atoms with Crippen LogP contribution in [0.4, 0.5) is 0 Å². The summed E-state index contributed by atoms with van der Waals surface area (Å²) in [5.41, 5.74) is 3.32. The van der Waals surface area contributed by atoms with Gasteiger partial charge >= 0.3 is 0 Å². The molecule has 0 saturated carbocycles. The second-order valence-electron chi connectivity index (χ2n) is 7.98. The highest BCUT2D eigenvalue weighted by Crippen LogP contribution is 2.30. The molecule has 2 rings (SSSR count). The Morgan fingerprint density at radius 3 is 2.14 bits per heavy atom. The Labute approximate surface area is 183 Å². The number of ether oxygens (including phenoxy) is 1. The van der Waals surface area contributed by atoms with E-state index in [-0.39, 0.29) is 0 Å². The van der Waals surface area contributed by atoms with Crippen molar-refractivity contribution >= 4 is 11.6 Å². The second kappa shape index (κ2) is 14.4. The molecule has 29 heavy (non-hydrogen) atoms. The van der Waals surface area contributed by atoms with E-state index in [1.54, 1.807) is 0 Å². The first-order valence-corrected chi connectivity index (χ1v) is 12.0. The third-order valence-electron chi connectivity index (χ3n) is 5.38. The van der Waals surface area contributed by atoms with Crippen LogP contribution >= 0.6 is 11.6 Å². The van der Waals surface area contributed by atoms with E-state index in [1.165, 1.54) is 69.8 Å². The van der Waals surface area contributed by atoms with E-state index < -0.39 is 0 Å². The number of halogens is 1. The summed E-state index contributed by atoms with van der Waals surface area (Å²) in [6, 6.07) is 10.3. The van der Waals surface area contributed by atoms with Crippen LogP contribution in [0.25, 0.3) is 11.3 Å². The van der Waals surface area contributed by atoms with Gasteiger partial charge in [-0.1, -0.05) is 89.3 Å². The van der Waals surface area contributed by atoms with Crippen LogP contribution in [0.3, 0.4) is 0 Å². The first-order chi connectivity index (χ1) is 14.2. The Balaban J connectivity index is 1.77. The van der Waals surface area contributed by atoms with Crippen molar-refractivity contribution in [2.75, 3.05) is 6.61 Å². The number of aryl methyl sites for hydroxylation is 1. The molecule has 0 saturated heterocycles. The Hall–Kier alpha value is -1.54. The van der Waals surface area contributed by atoms with Gasteiger partial charge < -0.3 is 4.74 Å². The van der Waals surface area contributed by atoms with Crippen molar-refractivity contribution in [2.24, 2.45) is 0 Å². The topological polar surface area (TPSA) is 22.1 Å². The molecular weight excluding hydrogens is 378 g/mol. The molecule has 2 aromatic rings. The smallest absolute Gasteiger partial charge is 0.137 e. The maximum Gasteiger partial charge on any atom is 0.137 e. The minimum atomic E-state index is 0.659. The highest BCUT2D eigenvalue weighted by atomic mass is 35.5. The van der Waals surface area contributed by atoms with Crippen molar-refractivity contribution in [1.29, 1.82) is 0 Å². The lowest BCUT2D eigenvalue weighted by Crippen LogP contribution is -1.98. The predicted molar refractivity (Wildman–Crippen MR) is 126 cm³/mol. The molecule has 0 aliphatic carbocycles. The number of pyridine rings is 1. The van der Waals surface area contributed by atoms with E-state index in [0.717, 1.165) is 36.5 Å². The fourth-order valence-electron chi connectivity index (χ4n) is 3.52. The predicted octanol–water partition coefficient (Wildman–Crippen LogP) is 8.65. The molecule has 0 N–H and O–H groups in total. The lowest BCUT2D eigenvalue weighted by atomic mass is 10.0. The highest BCUT2D eigenvalue weighted by molar-refractivity contribution is 6.32. The number of unbranched alkanes of at least 4 members (excludes halogenated alkanes) is 9. The van der Waals surface area contributed by atoms with Crippen LogP contribution in [0.2, 0.25) is 5.02 Å². The summed E-state index contributed by atoms with van der Waals surface area (Å²) in [5.74, 6) is 0.766. The zero-order valence-electron chi connectivity index (χ0n) is 18.4. The average Bonchev–Trinajstić information content (AvgIpc) is 2.74. The van der Waals surface area contributed by atoms with Gasteiger partial charge in [0, 0.05) is 11.8 Å². The van der Waals surface area contributed by atoms with Crippen LogP contribution < -0.4 is 4.74 Å². The van der Waals surface area contributed by atoms with Gasteiger partial charge in [-0.3, -0.25) is 4.98 Å². The van der Waals surface area contributed by atoms with E-state index in [2.05, 4.69) is 31.0 Å². The maximum absolute atomic E-state index is 6.43. The number of hydrogen-bond donors (Lipinski definition) is 0. The van der Waals surface area contributed by atoms with E-state index in [0.29, 0.717) is 5.02 Å². The molecule has 1 aromatic carbocycles. The largest absolute Gasteiger partial charge is 0.492 e. The zero-order valence-corrected chi connectivity index (χ0v) is 19.1. The first-order valence-electron chi connectivity index (χ1n) is 11.6. The maximum atomic E-state index is 6.43. The monoisotopic (exact) mass is 415 g/mol. The van der Waals surface area contributed by atoms with Crippen molar-refractivity contribution in [3.8, 4) is 17.0 Å². The molecule has 1 heterocycles. The second-order valence-corrected chi connectivity index (χ2v) is 8.38. The number of rotatable bonds is 15. The molecule has 0 unspecified atom stereocenters. The SMILES string of the molecule is CCCCCCCCCc1ccc(-c2ccc(OCCCCCC)c(Cl)c2)nc1. The molecule has 0 radical (unpaired) electrons. The number of hydrogen-bond acceptors (Lipinski definition) is 2. The molecule has 3 heteroatoms. The minimum absolute atomic E-state index is 0.659. The van der Waals surface area contributed by atoms with Crippen LogP contribution in [0.5, 0.6) is 5.75 Å². The van der Waals surface area contributed by atoms with E-state index >= 15 is 0 Å². The summed E-state index contributed by atoms with van der Waals surface area (Å²) < 4.78 is 5.83. The quantitative estimate of drug-likeness (QED) is 0.271. The summed E-state index contributed by atoms with van der Waals surface area (Å²) in [6.45, 7) is 5.21. The number of nitrogens with zero attached hydrogens (tertiary/aromatic N) is 1. The number of benzene rings is 1. The van der Waals surface area contributed by atoms with Crippen LogP contribution in [0, 0.1) is 0 Å². The van der Waals surface area contributed by atoms with E-state index in [4.69, 9.17) is 16.3 Å². The minimum Gasteiger partial charge on any atom is -0.492 e. The standard InChI is InChI=1S/C26H38ClNO/c1-3-5-7-9-10-11-12-14-22-15-17-25(28-21-22)23-16-18-26(24(27)20-23)29-19-13-8-6-4-2/h15-18,20-21H,3-14,19H2,1-2H3. The molecule has 2 nitrogen and oxygen atoms in total. The van der Waals surface area contributed by atoms with Gasteiger partial charge in [-0.05, 0) is 49.1 Å². The molecule has 160 valence electrons. The van der Waals surface area contributed by atoms with Crippen LogP contribution in [-0.4, -0.2) is 11.6 Å². The summed E-state index contributed by atoms with van der Waals surface area (Å²) in [7, 11) is 0. The zero-order chi connectivity index (χ0) is 20.7. The lowest BCUT2D eigenvalue weighted by molar-refractivity contribution is 0.305. The summed E-state index contributed by atoms with van der Waals surface area (Å²) in [4.78, 5) is 4.66.